The van der Waals surface area contributed by atoms with Crippen molar-refractivity contribution in [1.29, 1.82) is 0 Å². The van der Waals surface area contributed by atoms with Crippen molar-refractivity contribution in [3.05, 3.63) is 29.8 Å². The molecule has 2 N–H and O–H groups in total. The number of ether oxygens (including phenoxy) is 1. The van der Waals surface area contributed by atoms with Crippen LogP contribution in [0.5, 0.6) is 5.75 Å². The van der Waals surface area contributed by atoms with E-state index in [1.54, 1.807) is 0 Å². The van der Waals surface area contributed by atoms with E-state index < -0.39 is 0 Å². The van der Waals surface area contributed by atoms with Crippen LogP contribution in [-0.2, 0) is 6.42 Å². The van der Waals surface area contributed by atoms with Crippen molar-refractivity contribution in [1.82, 2.24) is 0 Å². The lowest BCUT2D eigenvalue weighted by Gasteiger charge is -2.26. The first-order valence-corrected chi connectivity index (χ1v) is 7.05. The summed E-state index contributed by atoms with van der Waals surface area (Å²) in [6.07, 6.45) is 4.85. The van der Waals surface area contributed by atoms with Crippen molar-refractivity contribution in [3.8, 4) is 5.75 Å². The quantitative estimate of drug-likeness (QED) is 0.761. The number of rotatable bonds is 8. The fourth-order valence-electron chi connectivity index (χ4n) is 2.02. The van der Waals surface area contributed by atoms with Crippen LogP contribution in [0.2, 0.25) is 0 Å². The van der Waals surface area contributed by atoms with Crippen LogP contribution in [0.1, 0.15) is 45.6 Å². The van der Waals surface area contributed by atoms with E-state index in [1.165, 1.54) is 24.8 Å². The number of aryl methyl sites for hydroxylation is 1. The summed E-state index contributed by atoms with van der Waals surface area (Å²) in [4.78, 5) is 0. The molecule has 0 heterocycles. The number of nitrogens with two attached hydrogens (primary N) is 1. The lowest BCUT2D eigenvalue weighted by atomic mass is 9.79. The van der Waals surface area contributed by atoms with Gasteiger partial charge < -0.3 is 10.5 Å². The van der Waals surface area contributed by atoms with E-state index in [0.717, 1.165) is 12.2 Å². The summed E-state index contributed by atoms with van der Waals surface area (Å²) in [6.45, 7) is 8.09. The van der Waals surface area contributed by atoms with E-state index in [-0.39, 0.29) is 0 Å². The Bertz CT molecular complexity index is 345. The summed E-state index contributed by atoms with van der Waals surface area (Å²) in [7, 11) is 0. The van der Waals surface area contributed by atoms with Gasteiger partial charge in [-0.05, 0) is 36.0 Å². The molecule has 0 amide bonds. The van der Waals surface area contributed by atoms with E-state index in [9.17, 15) is 0 Å². The van der Waals surface area contributed by atoms with Crippen molar-refractivity contribution in [2.24, 2.45) is 11.1 Å². The second-order valence-corrected chi connectivity index (χ2v) is 5.30. The van der Waals surface area contributed by atoms with E-state index in [2.05, 4.69) is 39.0 Å². The first-order chi connectivity index (χ1) is 8.63. The fraction of sp³-hybridized carbons (Fsp3) is 0.625. The first-order valence-electron chi connectivity index (χ1n) is 7.05. The van der Waals surface area contributed by atoms with Gasteiger partial charge in [-0.25, -0.2) is 0 Å². The monoisotopic (exact) mass is 249 g/mol. The van der Waals surface area contributed by atoms with Crippen LogP contribution >= 0.6 is 0 Å². The minimum Gasteiger partial charge on any atom is -0.492 e. The zero-order chi connectivity index (χ0) is 13.4. The third-order valence-corrected chi connectivity index (χ3v) is 4.01. The second kappa shape index (κ2) is 7.42. The van der Waals surface area contributed by atoms with Crippen molar-refractivity contribution in [3.63, 3.8) is 0 Å². The number of hydrogen-bond acceptors (Lipinski definition) is 2. The summed E-state index contributed by atoms with van der Waals surface area (Å²) >= 11 is 0. The van der Waals surface area contributed by atoms with E-state index >= 15 is 0 Å². The average molecular weight is 249 g/mol. The Labute approximate surface area is 112 Å². The zero-order valence-electron chi connectivity index (χ0n) is 12.0. The van der Waals surface area contributed by atoms with Crippen LogP contribution in [0.3, 0.4) is 0 Å². The maximum absolute atomic E-state index is 5.56. The van der Waals surface area contributed by atoms with Gasteiger partial charge in [0.25, 0.3) is 0 Å². The Hall–Kier alpha value is -1.02. The molecule has 0 radical (unpaired) electrons. The molecular weight excluding hydrogens is 222 g/mol. The molecule has 0 spiro atoms. The van der Waals surface area contributed by atoms with Crippen LogP contribution in [-0.4, -0.2) is 13.2 Å². The van der Waals surface area contributed by atoms with Crippen molar-refractivity contribution in [2.45, 2.75) is 46.5 Å². The molecule has 0 saturated carbocycles. The van der Waals surface area contributed by atoms with Crippen molar-refractivity contribution in [2.75, 3.05) is 13.2 Å². The Morgan fingerprint density at radius 2 is 1.94 bits per heavy atom. The molecular formula is C16H27NO. The highest BCUT2D eigenvalue weighted by Crippen LogP contribution is 2.31. The fourth-order valence-corrected chi connectivity index (χ4v) is 2.02. The largest absolute Gasteiger partial charge is 0.492 e. The van der Waals surface area contributed by atoms with Gasteiger partial charge in [0, 0.05) is 6.54 Å². The molecule has 0 saturated heterocycles. The molecule has 2 nitrogen and oxygen atoms in total. The summed E-state index contributed by atoms with van der Waals surface area (Å²) in [5, 5.41) is 0. The molecule has 102 valence electrons. The van der Waals surface area contributed by atoms with Gasteiger partial charge in [-0.3, -0.25) is 0 Å². The highest BCUT2D eigenvalue weighted by Gasteiger charge is 2.18. The third-order valence-electron chi connectivity index (χ3n) is 4.01. The smallest absolute Gasteiger partial charge is 0.119 e. The van der Waals surface area contributed by atoms with E-state index in [0.29, 0.717) is 18.6 Å². The maximum atomic E-state index is 5.56. The highest BCUT2D eigenvalue weighted by atomic mass is 16.5. The second-order valence-electron chi connectivity index (χ2n) is 5.30. The van der Waals surface area contributed by atoms with Gasteiger partial charge >= 0.3 is 0 Å². The number of hydrogen-bond donors (Lipinski definition) is 1. The molecule has 2 heteroatoms. The Kier molecular flexibility index (Phi) is 6.20. The summed E-state index contributed by atoms with van der Waals surface area (Å²) in [5.74, 6) is 0.938. The summed E-state index contributed by atoms with van der Waals surface area (Å²) in [6, 6.07) is 8.39. The molecule has 0 unspecified atom stereocenters. The van der Waals surface area contributed by atoms with Crippen LogP contribution in [0, 0.1) is 5.41 Å². The van der Waals surface area contributed by atoms with Crippen LogP contribution in [0.15, 0.2) is 24.3 Å². The summed E-state index contributed by atoms with van der Waals surface area (Å²) < 4.78 is 5.56. The normalized spacial score (nSPS) is 11.6. The highest BCUT2D eigenvalue weighted by molar-refractivity contribution is 5.28. The molecule has 0 aliphatic rings. The van der Waals surface area contributed by atoms with Crippen molar-refractivity contribution >= 4 is 0 Å². The molecule has 18 heavy (non-hydrogen) atoms. The molecule has 0 atom stereocenters. The Morgan fingerprint density at radius 3 is 2.56 bits per heavy atom. The molecule has 0 bridgehead atoms. The van der Waals surface area contributed by atoms with Gasteiger partial charge in [0.2, 0.25) is 0 Å². The molecule has 0 aliphatic carbocycles. The Morgan fingerprint density at radius 1 is 1.22 bits per heavy atom. The van der Waals surface area contributed by atoms with Gasteiger partial charge in [-0.15, -0.1) is 0 Å². The lowest BCUT2D eigenvalue weighted by molar-refractivity contribution is 0.273. The topological polar surface area (TPSA) is 35.2 Å². The first kappa shape index (κ1) is 15.0. The van der Waals surface area contributed by atoms with Gasteiger partial charge in [0.15, 0.2) is 0 Å². The van der Waals surface area contributed by atoms with Crippen LogP contribution in [0.4, 0.5) is 0 Å². The van der Waals surface area contributed by atoms with Crippen LogP contribution in [0.25, 0.3) is 0 Å². The third kappa shape index (κ3) is 4.69. The maximum Gasteiger partial charge on any atom is 0.119 e. The lowest BCUT2D eigenvalue weighted by Crippen LogP contribution is -2.14. The predicted molar refractivity (Wildman–Crippen MR) is 78.0 cm³/mol. The molecule has 0 fully saturated rings. The molecule has 1 aromatic carbocycles. The zero-order valence-corrected chi connectivity index (χ0v) is 12.0. The van der Waals surface area contributed by atoms with Gasteiger partial charge in [0.05, 0.1) is 0 Å². The van der Waals surface area contributed by atoms with Gasteiger partial charge in [0.1, 0.15) is 12.4 Å². The predicted octanol–water partition coefficient (Wildman–Crippen LogP) is 3.78. The molecule has 1 aromatic rings. The minimum absolute atomic E-state index is 0.466. The summed E-state index contributed by atoms with van der Waals surface area (Å²) in [5.41, 5.74) is 7.27. The number of benzene rings is 1. The molecule has 0 aliphatic heterocycles. The standard InChI is InChI=1S/C16H27NO/c1-4-16(3,5-2)10-9-14-7-6-8-15(13-14)18-12-11-17/h6-8,13H,4-5,9-12,17H2,1-3H3. The van der Waals surface area contributed by atoms with Crippen LogP contribution < -0.4 is 10.5 Å². The molecule has 1 rings (SSSR count). The average Bonchev–Trinajstić information content (AvgIpc) is 2.43. The minimum atomic E-state index is 0.466. The van der Waals surface area contributed by atoms with Gasteiger partial charge in [-0.2, -0.15) is 0 Å². The SMILES string of the molecule is CCC(C)(CC)CCc1cccc(OCCN)c1. The Balaban J connectivity index is 2.56. The molecule has 0 aromatic heterocycles. The van der Waals surface area contributed by atoms with E-state index in [1.807, 2.05) is 6.07 Å². The van der Waals surface area contributed by atoms with Crippen molar-refractivity contribution < 1.29 is 4.74 Å². The van der Waals surface area contributed by atoms with E-state index in [4.69, 9.17) is 10.5 Å². The van der Waals surface area contributed by atoms with Gasteiger partial charge in [-0.1, -0.05) is 45.7 Å².